The molecule has 1 fully saturated rings. The molecule has 0 saturated carbocycles. The number of thiophene rings is 1. The lowest BCUT2D eigenvalue weighted by atomic mass is 10.1. The van der Waals surface area contributed by atoms with Gasteiger partial charge in [-0.25, -0.2) is 14.4 Å². The van der Waals surface area contributed by atoms with Gasteiger partial charge in [0, 0.05) is 32.3 Å². The molecule has 1 aliphatic rings. The summed E-state index contributed by atoms with van der Waals surface area (Å²) in [5.74, 6) is -0.433. The van der Waals surface area contributed by atoms with Crippen molar-refractivity contribution in [3.63, 3.8) is 0 Å². The molecule has 3 aromatic heterocycles. The number of pyridine rings is 1. The summed E-state index contributed by atoms with van der Waals surface area (Å²) in [5, 5.41) is 7.86. The molecule has 0 spiro atoms. The van der Waals surface area contributed by atoms with Crippen LogP contribution in [0.3, 0.4) is 0 Å². The van der Waals surface area contributed by atoms with E-state index >= 15 is 0 Å². The standard InChI is InChI=1S/C20H21FN6O2S/c1-11(13-7-14(21)9-22-8-13)23-20-25-16-4-6-30-18(16)17(26-20)19(29)27-5-3-15(10-27)24-12(2)28/h4,6-9,11,15H,3,5,10H2,1-2H3,(H,24,28)(H,23,25,26)/t11-,15-/m0/s1. The summed E-state index contributed by atoms with van der Waals surface area (Å²) in [6.07, 6.45) is 3.42. The fraction of sp³-hybridized carbons (Fsp3) is 0.350. The normalized spacial score (nSPS) is 17.2. The highest BCUT2D eigenvalue weighted by Gasteiger charge is 2.30. The zero-order chi connectivity index (χ0) is 21.3. The van der Waals surface area contributed by atoms with Crippen LogP contribution in [-0.2, 0) is 4.79 Å². The van der Waals surface area contributed by atoms with Crippen LogP contribution in [0.25, 0.3) is 10.2 Å². The van der Waals surface area contributed by atoms with E-state index < -0.39 is 5.82 Å². The highest BCUT2D eigenvalue weighted by Crippen LogP contribution is 2.27. The highest BCUT2D eigenvalue weighted by atomic mass is 32.1. The summed E-state index contributed by atoms with van der Waals surface area (Å²) in [6, 6.07) is 2.88. The molecule has 10 heteroatoms. The zero-order valence-corrected chi connectivity index (χ0v) is 17.4. The van der Waals surface area contributed by atoms with E-state index in [-0.39, 0.29) is 23.9 Å². The first-order chi connectivity index (χ1) is 14.4. The molecule has 8 nitrogen and oxygen atoms in total. The Kier molecular flexibility index (Phi) is 5.58. The predicted octanol–water partition coefficient (Wildman–Crippen LogP) is 2.75. The number of fused-ring (bicyclic) bond motifs is 1. The number of anilines is 1. The third-order valence-electron chi connectivity index (χ3n) is 4.96. The average Bonchev–Trinajstić information content (AvgIpc) is 3.35. The second-order valence-corrected chi connectivity index (χ2v) is 8.19. The van der Waals surface area contributed by atoms with Gasteiger partial charge in [0.2, 0.25) is 11.9 Å². The van der Waals surface area contributed by atoms with Crippen LogP contribution < -0.4 is 10.6 Å². The minimum Gasteiger partial charge on any atom is -0.352 e. The summed E-state index contributed by atoms with van der Waals surface area (Å²) in [5.41, 5.74) is 1.64. The second-order valence-electron chi connectivity index (χ2n) is 7.27. The molecule has 2 N–H and O–H groups in total. The van der Waals surface area contributed by atoms with E-state index in [1.807, 2.05) is 18.4 Å². The molecule has 0 bridgehead atoms. The van der Waals surface area contributed by atoms with Gasteiger partial charge in [-0.1, -0.05) is 0 Å². The van der Waals surface area contributed by atoms with E-state index in [1.165, 1.54) is 24.3 Å². The lowest BCUT2D eigenvalue weighted by Gasteiger charge is -2.18. The summed E-state index contributed by atoms with van der Waals surface area (Å²) in [7, 11) is 0. The third kappa shape index (κ3) is 4.23. The number of halogens is 1. The van der Waals surface area contributed by atoms with Gasteiger partial charge in [-0.15, -0.1) is 11.3 Å². The Bertz CT molecular complexity index is 1100. The molecule has 4 heterocycles. The van der Waals surface area contributed by atoms with E-state index in [9.17, 15) is 14.0 Å². The Morgan fingerprint density at radius 1 is 1.33 bits per heavy atom. The Morgan fingerprint density at radius 2 is 2.17 bits per heavy atom. The summed E-state index contributed by atoms with van der Waals surface area (Å²) in [6.45, 7) is 4.31. The van der Waals surface area contributed by atoms with Crippen molar-refractivity contribution in [2.45, 2.75) is 32.4 Å². The van der Waals surface area contributed by atoms with Crippen LogP contribution in [0.1, 0.15) is 42.4 Å². The fourth-order valence-corrected chi connectivity index (χ4v) is 4.33. The summed E-state index contributed by atoms with van der Waals surface area (Å²) < 4.78 is 14.2. The molecule has 4 rings (SSSR count). The smallest absolute Gasteiger partial charge is 0.274 e. The lowest BCUT2D eigenvalue weighted by Crippen LogP contribution is -2.37. The number of rotatable bonds is 5. The molecule has 30 heavy (non-hydrogen) atoms. The Balaban J connectivity index is 1.58. The number of amides is 2. The second kappa shape index (κ2) is 8.31. The highest BCUT2D eigenvalue weighted by molar-refractivity contribution is 7.17. The summed E-state index contributed by atoms with van der Waals surface area (Å²) in [4.78, 5) is 39.0. The molecule has 0 unspecified atom stereocenters. The Hall–Kier alpha value is -3.14. The minimum absolute atomic E-state index is 0.0507. The van der Waals surface area contributed by atoms with Crippen LogP contribution in [0.2, 0.25) is 0 Å². The van der Waals surface area contributed by atoms with Crippen molar-refractivity contribution in [1.29, 1.82) is 0 Å². The molecule has 0 radical (unpaired) electrons. The molecule has 0 aliphatic carbocycles. The molecule has 2 amide bonds. The van der Waals surface area contributed by atoms with Crippen LogP contribution in [0.4, 0.5) is 10.3 Å². The third-order valence-corrected chi connectivity index (χ3v) is 5.87. The number of hydrogen-bond acceptors (Lipinski definition) is 7. The first-order valence-corrected chi connectivity index (χ1v) is 10.5. The number of aromatic nitrogens is 3. The lowest BCUT2D eigenvalue weighted by molar-refractivity contribution is -0.119. The van der Waals surface area contributed by atoms with Crippen molar-refractivity contribution in [3.8, 4) is 0 Å². The van der Waals surface area contributed by atoms with Crippen LogP contribution in [0.15, 0.2) is 29.9 Å². The van der Waals surface area contributed by atoms with Gasteiger partial charge in [-0.3, -0.25) is 14.6 Å². The van der Waals surface area contributed by atoms with Gasteiger partial charge < -0.3 is 15.5 Å². The van der Waals surface area contributed by atoms with Gasteiger partial charge in [0.15, 0.2) is 5.69 Å². The van der Waals surface area contributed by atoms with E-state index in [1.54, 1.807) is 11.1 Å². The minimum atomic E-state index is -0.422. The van der Waals surface area contributed by atoms with Crippen molar-refractivity contribution < 1.29 is 14.0 Å². The van der Waals surface area contributed by atoms with Crippen molar-refractivity contribution in [1.82, 2.24) is 25.2 Å². The van der Waals surface area contributed by atoms with Gasteiger partial charge in [-0.2, -0.15) is 0 Å². The maximum Gasteiger partial charge on any atom is 0.274 e. The summed E-state index contributed by atoms with van der Waals surface area (Å²) >= 11 is 1.41. The maximum atomic E-state index is 13.5. The van der Waals surface area contributed by atoms with Crippen LogP contribution in [-0.4, -0.2) is 50.8 Å². The number of nitrogens with one attached hydrogen (secondary N) is 2. The van der Waals surface area contributed by atoms with Crippen molar-refractivity contribution >= 4 is 39.3 Å². The van der Waals surface area contributed by atoms with Crippen molar-refractivity contribution in [2.24, 2.45) is 0 Å². The maximum absolute atomic E-state index is 13.5. The fourth-order valence-electron chi connectivity index (χ4n) is 3.51. The van der Waals surface area contributed by atoms with Crippen LogP contribution in [0, 0.1) is 5.82 Å². The first kappa shape index (κ1) is 20.1. The monoisotopic (exact) mass is 428 g/mol. The van der Waals surface area contributed by atoms with Gasteiger partial charge >= 0.3 is 0 Å². The Morgan fingerprint density at radius 3 is 2.93 bits per heavy atom. The Labute approximate surface area is 176 Å². The number of hydrogen-bond donors (Lipinski definition) is 2. The van der Waals surface area contributed by atoms with Crippen molar-refractivity contribution in [2.75, 3.05) is 18.4 Å². The van der Waals surface area contributed by atoms with Gasteiger partial charge in [0.05, 0.1) is 22.5 Å². The van der Waals surface area contributed by atoms with E-state index in [4.69, 9.17) is 0 Å². The predicted molar refractivity (Wildman–Crippen MR) is 112 cm³/mol. The SMILES string of the molecule is CC(=O)N[C@H]1CCN(C(=O)c2nc(N[C@@H](C)c3cncc(F)c3)nc3ccsc23)C1. The van der Waals surface area contributed by atoms with Crippen molar-refractivity contribution in [3.05, 3.63) is 47.0 Å². The molecular formula is C20H21FN6O2S. The number of nitrogens with zero attached hydrogens (tertiary/aromatic N) is 4. The van der Waals surface area contributed by atoms with Crippen LogP contribution in [0.5, 0.6) is 0 Å². The van der Waals surface area contributed by atoms with Gasteiger partial charge in [0.1, 0.15) is 5.82 Å². The van der Waals surface area contributed by atoms with Gasteiger partial charge in [0.25, 0.3) is 5.91 Å². The zero-order valence-electron chi connectivity index (χ0n) is 16.6. The molecule has 156 valence electrons. The largest absolute Gasteiger partial charge is 0.352 e. The molecule has 0 aromatic carbocycles. The molecule has 1 aliphatic heterocycles. The average molecular weight is 428 g/mol. The number of likely N-dealkylation sites (tertiary alicyclic amines) is 1. The van der Waals surface area contributed by atoms with Gasteiger partial charge in [-0.05, 0) is 36.4 Å². The molecule has 3 aromatic rings. The topological polar surface area (TPSA) is 100 Å². The molecular weight excluding hydrogens is 407 g/mol. The van der Waals surface area contributed by atoms with E-state index in [2.05, 4.69) is 25.6 Å². The van der Waals surface area contributed by atoms with Crippen LogP contribution >= 0.6 is 11.3 Å². The van der Waals surface area contributed by atoms with E-state index in [0.717, 1.165) is 6.20 Å². The first-order valence-electron chi connectivity index (χ1n) is 9.59. The molecule has 2 atom stereocenters. The quantitative estimate of drug-likeness (QED) is 0.648. The number of carbonyl (C=O) groups is 2. The van der Waals surface area contributed by atoms with E-state index in [0.29, 0.717) is 46.9 Å². The molecule has 1 saturated heterocycles. The number of carbonyl (C=O) groups excluding carboxylic acids is 2.